The zero-order chi connectivity index (χ0) is 30.0. The van der Waals surface area contributed by atoms with Crippen molar-refractivity contribution >= 4 is 39.1 Å². The number of amides is 2. The van der Waals surface area contributed by atoms with Crippen LogP contribution in [0.1, 0.15) is 44.7 Å². The molecule has 0 saturated carbocycles. The maximum atomic E-state index is 14.1. The molecule has 0 bridgehead atoms. The van der Waals surface area contributed by atoms with Gasteiger partial charge in [0.2, 0.25) is 11.8 Å². The molecule has 0 radical (unpaired) electrons. The lowest BCUT2D eigenvalue weighted by Gasteiger charge is -2.33. The minimum absolute atomic E-state index is 0.0125. The van der Waals surface area contributed by atoms with Crippen molar-refractivity contribution in [3.8, 4) is 5.75 Å². The van der Waals surface area contributed by atoms with Crippen LogP contribution in [0.4, 0.5) is 5.69 Å². The van der Waals surface area contributed by atoms with E-state index >= 15 is 0 Å². The van der Waals surface area contributed by atoms with E-state index in [0.29, 0.717) is 30.3 Å². The Labute approximate surface area is 248 Å². The largest absolute Gasteiger partial charge is 0.494 e. The Bertz CT molecular complexity index is 1410. The van der Waals surface area contributed by atoms with E-state index in [4.69, 9.17) is 16.3 Å². The van der Waals surface area contributed by atoms with Gasteiger partial charge in [0.25, 0.3) is 10.0 Å². The zero-order valence-corrected chi connectivity index (χ0v) is 25.5. The lowest BCUT2D eigenvalue weighted by molar-refractivity contribution is -0.140. The smallest absolute Gasteiger partial charge is 0.264 e. The van der Waals surface area contributed by atoms with Crippen LogP contribution >= 0.6 is 11.6 Å². The third-order valence-corrected chi connectivity index (χ3v) is 8.53. The van der Waals surface area contributed by atoms with Gasteiger partial charge in [-0.2, -0.15) is 0 Å². The molecular weight excluding hydrogens is 562 g/mol. The van der Waals surface area contributed by atoms with Gasteiger partial charge in [0.05, 0.1) is 17.2 Å². The van der Waals surface area contributed by atoms with Gasteiger partial charge in [-0.25, -0.2) is 8.42 Å². The summed E-state index contributed by atoms with van der Waals surface area (Å²) in [5.41, 5.74) is 2.14. The first-order valence-corrected chi connectivity index (χ1v) is 15.6. The average molecular weight is 600 g/mol. The third-order valence-electron chi connectivity index (χ3n) is 6.49. The number of hydrogen-bond donors (Lipinski definition) is 1. The number of carbonyl (C=O) groups excluding carboxylic acids is 2. The van der Waals surface area contributed by atoms with Crippen LogP contribution in [0.5, 0.6) is 5.75 Å². The number of ether oxygens (including phenoxy) is 1. The van der Waals surface area contributed by atoms with Crippen LogP contribution in [0.2, 0.25) is 5.02 Å². The van der Waals surface area contributed by atoms with E-state index in [1.54, 1.807) is 24.3 Å². The molecule has 8 nitrogen and oxygen atoms in total. The molecular formula is C31H38ClN3O5S. The van der Waals surface area contributed by atoms with Gasteiger partial charge in [-0.1, -0.05) is 55.3 Å². The van der Waals surface area contributed by atoms with Crippen LogP contribution in [-0.2, 0) is 26.2 Å². The molecule has 3 aromatic rings. The second-order valence-corrected chi connectivity index (χ2v) is 11.9. The lowest BCUT2D eigenvalue weighted by Crippen LogP contribution is -2.52. The van der Waals surface area contributed by atoms with Crippen LogP contribution in [0, 0.1) is 6.92 Å². The van der Waals surface area contributed by atoms with E-state index in [1.807, 2.05) is 52.0 Å². The fourth-order valence-electron chi connectivity index (χ4n) is 4.43. The highest BCUT2D eigenvalue weighted by Crippen LogP contribution is 2.27. The first-order valence-electron chi connectivity index (χ1n) is 13.7. The molecule has 0 fully saturated rings. The maximum Gasteiger partial charge on any atom is 0.264 e. The van der Waals surface area contributed by atoms with Crippen molar-refractivity contribution in [1.29, 1.82) is 0 Å². The highest BCUT2D eigenvalue weighted by Gasteiger charge is 2.33. The van der Waals surface area contributed by atoms with Crippen LogP contribution in [0.25, 0.3) is 0 Å². The number of benzene rings is 3. The molecule has 1 N–H and O–H groups in total. The van der Waals surface area contributed by atoms with Gasteiger partial charge in [-0.05, 0) is 80.8 Å². The first kappa shape index (κ1) is 32.0. The lowest BCUT2D eigenvalue weighted by atomic mass is 10.1. The molecule has 0 unspecified atom stereocenters. The summed E-state index contributed by atoms with van der Waals surface area (Å²) in [7, 11) is -4.19. The van der Waals surface area contributed by atoms with Crippen molar-refractivity contribution in [2.24, 2.45) is 0 Å². The SMILES string of the molecule is CCCNC(=O)[C@@H](CC)N(Cc1cccc(C)c1)C(=O)CN(c1ccc(OCC)cc1)S(=O)(=O)c1ccc(Cl)cc1. The number of rotatable bonds is 14. The van der Waals surface area contributed by atoms with Gasteiger partial charge in [-0.15, -0.1) is 0 Å². The summed E-state index contributed by atoms with van der Waals surface area (Å²) in [6.45, 7) is 8.16. The number of aryl methyl sites for hydroxylation is 1. The highest BCUT2D eigenvalue weighted by molar-refractivity contribution is 7.92. The van der Waals surface area contributed by atoms with E-state index in [2.05, 4.69) is 5.32 Å². The van der Waals surface area contributed by atoms with Crippen LogP contribution in [-0.4, -0.2) is 50.9 Å². The standard InChI is InChI=1S/C31H38ClN3O5S/c1-5-19-33-31(37)29(6-2)34(21-24-10-8-9-23(4)20-24)30(36)22-35(26-13-15-27(16-14-26)40-7-3)41(38,39)28-17-11-25(32)12-18-28/h8-18,20,29H,5-7,19,21-22H2,1-4H3,(H,33,37)/t29-/m1/s1. The molecule has 0 heterocycles. The van der Waals surface area contributed by atoms with Crippen molar-refractivity contribution in [3.05, 3.63) is 88.9 Å². The Morgan fingerprint density at radius 2 is 1.66 bits per heavy atom. The van der Waals surface area contributed by atoms with E-state index in [0.717, 1.165) is 21.9 Å². The molecule has 0 spiro atoms. The quantitative estimate of drug-likeness (QED) is 0.261. The van der Waals surface area contributed by atoms with Crippen molar-refractivity contribution in [3.63, 3.8) is 0 Å². The Morgan fingerprint density at radius 3 is 2.24 bits per heavy atom. The van der Waals surface area contributed by atoms with Crippen molar-refractivity contribution in [2.75, 3.05) is 24.0 Å². The van der Waals surface area contributed by atoms with E-state index in [-0.39, 0.29) is 23.0 Å². The van der Waals surface area contributed by atoms with E-state index in [1.165, 1.54) is 29.2 Å². The van der Waals surface area contributed by atoms with Crippen LogP contribution in [0.15, 0.2) is 77.7 Å². The number of hydrogen-bond acceptors (Lipinski definition) is 5. The predicted molar refractivity (Wildman–Crippen MR) is 163 cm³/mol. The topological polar surface area (TPSA) is 96.0 Å². The number of anilines is 1. The molecule has 220 valence electrons. The molecule has 2 amide bonds. The zero-order valence-electron chi connectivity index (χ0n) is 24.0. The summed E-state index contributed by atoms with van der Waals surface area (Å²) in [4.78, 5) is 28.7. The summed E-state index contributed by atoms with van der Waals surface area (Å²) in [5, 5.41) is 3.28. The Balaban J connectivity index is 2.05. The van der Waals surface area contributed by atoms with Crippen LogP contribution in [0.3, 0.4) is 0 Å². The summed E-state index contributed by atoms with van der Waals surface area (Å²) in [5.74, 6) is -0.203. The number of halogens is 1. The Kier molecular flexibility index (Phi) is 11.6. The fourth-order valence-corrected chi connectivity index (χ4v) is 5.97. The third kappa shape index (κ3) is 8.47. The van der Waals surface area contributed by atoms with Gasteiger partial charge in [0.15, 0.2) is 0 Å². The number of sulfonamides is 1. The minimum atomic E-state index is -4.19. The molecule has 0 aliphatic heterocycles. The number of nitrogens with one attached hydrogen (secondary N) is 1. The molecule has 0 saturated heterocycles. The molecule has 10 heteroatoms. The highest BCUT2D eigenvalue weighted by atomic mass is 35.5. The van der Waals surface area contributed by atoms with Gasteiger partial charge in [0, 0.05) is 18.1 Å². The Morgan fingerprint density at radius 1 is 0.976 bits per heavy atom. The summed E-state index contributed by atoms with van der Waals surface area (Å²) in [6, 6.07) is 19.2. The van der Waals surface area contributed by atoms with Gasteiger partial charge >= 0.3 is 0 Å². The summed E-state index contributed by atoms with van der Waals surface area (Å²) >= 11 is 6.02. The van der Waals surface area contributed by atoms with E-state index < -0.39 is 28.5 Å². The second kappa shape index (κ2) is 14.9. The van der Waals surface area contributed by atoms with Gasteiger partial charge in [0.1, 0.15) is 18.3 Å². The number of nitrogens with zero attached hydrogens (tertiary/aromatic N) is 2. The second-order valence-electron chi connectivity index (χ2n) is 9.62. The van der Waals surface area contributed by atoms with Crippen molar-refractivity contribution in [2.45, 2.75) is 58.0 Å². The normalized spacial score (nSPS) is 11.9. The Hall–Kier alpha value is -3.56. The van der Waals surface area contributed by atoms with Crippen molar-refractivity contribution < 1.29 is 22.7 Å². The molecule has 0 aliphatic carbocycles. The monoisotopic (exact) mass is 599 g/mol. The van der Waals surface area contributed by atoms with Gasteiger partial charge in [-0.3, -0.25) is 13.9 Å². The first-order chi connectivity index (χ1) is 19.6. The summed E-state index contributed by atoms with van der Waals surface area (Å²) in [6.07, 6.45) is 1.11. The maximum absolute atomic E-state index is 14.1. The number of carbonyl (C=O) groups is 2. The fraction of sp³-hybridized carbons (Fsp3) is 0.355. The molecule has 0 aliphatic rings. The molecule has 41 heavy (non-hydrogen) atoms. The minimum Gasteiger partial charge on any atom is -0.494 e. The molecule has 0 aromatic heterocycles. The average Bonchev–Trinajstić information content (AvgIpc) is 2.95. The molecule has 3 aromatic carbocycles. The van der Waals surface area contributed by atoms with Gasteiger partial charge < -0.3 is 15.0 Å². The van der Waals surface area contributed by atoms with Crippen LogP contribution < -0.4 is 14.4 Å². The van der Waals surface area contributed by atoms with Crippen molar-refractivity contribution in [1.82, 2.24) is 10.2 Å². The van der Waals surface area contributed by atoms with E-state index in [9.17, 15) is 18.0 Å². The summed E-state index contributed by atoms with van der Waals surface area (Å²) < 4.78 is 34.4. The molecule has 3 rings (SSSR count). The predicted octanol–water partition coefficient (Wildman–Crippen LogP) is 5.58. The molecule has 1 atom stereocenters.